The zero-order valence-electron chi connectivity index (χ0n) is 14.1. The van der Waals surface area contributed by atoms with Crippen molar-refractivity contribution in [2.75, 3.05) is 11.9 Å². The third-order valence-electron chi connectivity index (χ3n) is 3.87. The molecule has 0 amide bonds. The van der Waals surface area contributed by atoms with E-state index in [0.717, 1.165) is 22.5 Å². The predicted molar refractivity (Wildman–Crippen MR) is 97.5 cm³/mol. The van der Waals surface area contributed by atoms with Gasteiger partial charge >= 0.3 is 0 Å². The highest BCUT2D eigenvalue weighted by molar-refractivity contribution is 5.89. The fourth-order valence-corrected chi connectivity index (χ4v) is 2.65. The van der Waals surface area contributed by atoms with Gasteiger partial charge in [-0.3, -0.25) is 0 Å². The second-order valence-electron chi connectivity index (χ2n) is 5.57. The van der Waals surface area contributed by atoms with Crippen LogP contribution in [0.5, 0.6) is 5.75 Å². The average Bonchev–Trinajstić information content (AvgIpc) is 3.09. The van der Waals surface area contributed by atoms with Gasteiger partial charge in [-0.05, 0) is 55.5 Å². The summed E-state index contributed by atoms with van der Waals surface area (Å²) in [4.78, 5) is 8.63. The number of halogens is 1. The molecule has 6 nitrogen and oxygen atoms in total. The molecule has 0 aliphatic carbocycles. The smallest absolute Gasteiger partial charge is 0.168 e. The van der Waals surface area contributed by atoms with Crippen LogP contribution in [0, 0.1) is 5.82 Å². The van der Waals surface area contributed by atoms with Crippen LogP contribution in [0.2, 0.25) is 0 Å². The van der Waals surface area contributed by atoms with Gasteiger partial charge in [0.05, 0.1) is 23.9 Å². The zero-order valence-corrected chi connectivity index (χ0v) is 14.1. The lowest BCUT2D eigenvalue weighted by Crippen LogP contribution is -1.99. The van der Waals surface area contributed by atoms with E-state index < -0.39 is 0 Å². The zero-order chi connectivity index (χ0) is 17.9. The lowest BCUT2D eigenvalue weighted by molar-refractivity contribution is 0.340. The van der Waals surface area contributed by atoms with E-state index in [2.05, 4.69) is 20.4 Å². The molecule has 2 aromatic carbocycles. The molecule has 1 N–H and O–H groups in total. The molecule has 4 rings (SSSR count). The SMILES string of the molecule is CCOc1ccc(Nc2ncnc3c2cnn3-c2ccc(F)cc2)cc1. The van der Waals surface area contributed by atoms with Gasteiger partial charge in [-0.2, -0.15) is 5.10 Å². The molecule has 0 aliphatic rings. The minimum Gasteiger partial charge on any atom is -0.494 e. The Balaban J connectivity index is 1.67. The van der Waals surface area contributed by atoms with Gasteiger partial charge in [-0.15, -0.1) is 0 Å². The number of benzene rings is 2. The van der Waals surface area contributed by atoms with E-state index in [1.165, 1.54) is 18.5 Å². The summed E-state index contributed by atoms with van der Waals surface area (Å²) < 4.78 is 20.3. The predicted octanol–water partition coefficient (Wildman–Crippen LogP) is 4.10. The van der Waals surface area contributed by atoms with Crippen molar-refractivity contribution in [3.05, 3.63) is 66.9 Å². The Labute approximate surface area is 149 Å². The molecule has 130 valence electrons. The Kier molecular flexibility index (Phi) is 4.18. The molecule has 0 radical (unpaired) electrons. The summed E-state index contributed by atoms with van der Waals surface area (Å²) in [6.07, 6.45) is 3.16. The van der Waals surface area contributed by atoms with E-state index >= 15 is 0 Å². The summed E-state index contributed by atoms with van der Waals surface area (Å²) in [6, 6.07) is 13.7. The van der Waals surface area contributed by atoms with Gasteiger partial charge in [0, 0.05) is 5.69 Å². The van der Waals surface area contributed by atoms with Crippen LogP contribution in [0.3, 0.4) is 0 Å². The second kappa shape index (κ2) is 6.79. The van der Waals surface area contributed by atoms with Crippen LogP contribution in [0.1, 0.15) is 6.92 Å². The van der Waals surface area contributed by atoms with Crippen molar-refractivity contribution < 1.29 is 9.13 Å². The Morgan fingerprint density at radius 3 is 2.54 bits per heavy atom. The summed E-state index contributed by atoms with van der Waals surface area (Å²) in [6.45, 7) is 2.57. The van der Waals surface area contributed by atoms with Crippen LogP contribution < -0.4 is 10.1 Å². The van der Waals surface area contributed by atoms with Gasteiger partial charge in [0.25, 0.3) is 0 Å². The summed E-state index contributed by atoms with van der Waals surface area (Å²) in [5.41, 5.74) is 2.25. The fraction of sp³-hybridized carbons (Fsp3) is 0.105. The molecule has 0 aliphatic heterocycles. The third-order valence-corrected chi connectivity index (χ3v) is 3.87. The van der Waals surface area contributed by atoms with E-state index in [4.69, 9.17) is 4.74 Å². The lowest BCUT2D eigenvalue weighted by Gasteiger charge is -2.08. The number of aromatic nitrogens is 4. The second-order valence-corrected chi connectivity index (χ2v) is 5.57. The van der Waals surface area contributed by atoms with Gasteiger partial charge in [0.15, 0.2) is 5.65 Å². The molecule has 0 unspecified atom stereocenters. The average molecular weight is 349 g/mol. The number of nitrogens with zero attached hydrogens (tertiary/aromatic N) is 4. The molecule has 0 atom stereocenters. The lowest BCUT2D eigenvalue weighted by atomic mass is 10.3. The monoisotopic (exact) mass is 349 g/mol. The molecule has 0 saturated carbocycles. The number of hydrogen-bond acceptors (Lipinski definition) is 5. The number of ether oxygens (including phenoxy) is 1. The van der Waals surface area contributed by atoms with Gasteiger partial charge in [-0.1, -0.05) is 0 Å². The maximum absolute atomic E-state index is 13.2. The number of nitrogens with one attached hydrogen (secondary N) is 1. The number of anilines is 2. The van der Waals surface area contributed by atoms with Gasteiger partial charge in [-0.25, -0.2) is 19.0 Å². The first kappa shape index (κ1) is 16.0. The number of fused-ring (bicyclic) bond motifs is 1. The van der Waals surface area contributed by atoms with Crippen LogP contribution in [-0.2, 0) is 0 Å². The highest BCUT2D eigenvalue weighted by atomic mass is 19.1. The molecule has 2 aromatic heterocycles. The summed E-state index contributed by atoms with van der Waals surface area (Å²) in [5.74, 6) is 1.17. The van der Waals surface area contributed by atoms with E-state index in [9.17, 15) is 4.39 Å². The van der Waals surface area contributed by atoms with Gasteiger partial charge in [0.1, 0.15) is 23.7 Å². The van der Waals surface area contributed by atoms with Crippen LogP contribution in [0.25, 0.3) is 16.7 Å². The number of hydrogen-bond donors (Lipinski definition) is 1. The molecule has 0 bridgehead atoms. The largest absolute Gasteiger partial charge is 0.494 e. The first-order valence-electron chi connectivity index (χ1n) is 8.19. The topological polar surface area (TPSA) is 64.9 Å². The molecular formula is C19H16FN5O. The summed E-state index contributed by atoms with van der Waals surface area (Å²) >= 11 is 0. The summed E-state index contributed by atoms with van der Waals surface area (Å²) in [5, 5.41) is 8.41. The van der Waals surface area contributed by atoms with Crippen LogP contribution in [0.4, 0.5) is 15.9 Å². The third kappa shape index (κ3) is 3.06. The molecule has 7 heteroatoms. The van der Waals surface area contributed by atoms with Crippen molar-refractivity contribution in [2.24, 2.45) is 0 Å². The number of rotatable bonds is 5. The molecule has 26 heavy (non-hydrogen) atoms. The quantitative estimate of drug-likeness (QED) is 0.588. The molecule has 4 aromatic rings. The Morgan fingerprint density at radius 1 is 1.04 bits per heavy atom. The van der Waals surface area contributed by atoms with Gasteiger partial charge in [0.2, 0.25) is 0 Å². The maximum atomic E-state index is 13.2. The Bertz CT molecular complexity index is 1030. The minimum atomic E-state index is -0.294. The van der Waals surface area contributed by atoms with Crippen molar-refractivity contribution in [1.29, 1.82) is 0 Å². The van der Waals surface area contributed by atoms with Crippen LogP contribution >= 0.6 is 0 Å². The molecule has 0 spiro atoms. The molecule has 0 fully saturated rings. The highest BCUT2D eigenvalue weighted by Gasteiger charge is 2.11. The first-order chi connectivity index (χ1) is 12.7. The highest BCUT2D eigenvalue weighted by Crippen LogP contribution is 2.25. The van der Waals surface area contributed by atoms with Crippen LogP contribution in [0.15, 0.2) is 61.1 Å². The first-order valence-corrected chi connectivity index (χ1v) is 8.19. The van der Waals surface area contributed by atoms with Crippen molar-refractivity contribution in [3.63, 3.8) is 0 Å². The van der Waals surface area contributed by atoms with Crippen LogP contribution in [-0.4, -0.2) is 26.4 Å². The molecule has 2 heterocycles. The summed E-state index contributed by atoms with van der Waals surface area (Å²) in [7, 11) is 0. The Morgan fingerprint density at radius 2 is 1.81 bits per heavy atom. The minimum absolute atomic E-state index is 0.294. The van der Waals surface area contributed by atoms with Crippen molar-refractivity contribution in [2.45, 2.75) is 6.92 Å². The molecular weight excluding hydrogens is 333 g/mol. The van der Waals surface area contributed by atoms with E-state index in [1.807, 2.05) is 31.2 Å². The maximum Gasteiger partial charge on any atom is 0.168 e. The van der Waals surface area contributed by atoms with Crippen molar-refractivity contribution in [3.8, 4) is 11.4 Å². The Hall–Kier alpha value is -3.48. The van der Waals surface area contributed by atoms with E-state index in [0.29, 0.717) is 18.1 Å². The van der Waals surface area contributed by atoms with Gasteiger partial charge < -0.3 is 10.1 Å². The normalized spacial score (nSPS) is 10.8. The van der Waals surface area contributed by atoms with Crippen molar-refractivity contribution in [1.82, 2.24) is 19.7 Å². The molecule has 0 saturated heterocycles. The van der Waals surface area contributed by atoms with E-state index in [1.54, 1.807) is 23.0 Å². The van der Waals surface area contributed by atoms with Crippen molar-refractivity contribution >= 4 is 22.5 Å². The van der Waals surface area contributed by atoms with E-state index in [-0.39, 0.29) is 5.82 Å². The fourth-order valence-electron chi connectivity index (χ4n) is 2.65. The standard InChI is InChI=1S/C19H16FN5O/c1-2-26-16-9-5-14(6-10-16)24-18-17-11-23-25(19(17)22-12-21-18)15-7-3-13(20)4-8-15/h3-12H,2H2,1H3,(H,21,22,24).